The Morgan fingerprint density at radius 3 is 2.53 bits per heavy atom. The first-order valence-electron chi connectivity index (χ1n) is 12.3. The fraction of sp³-hybridized carbons (Fsp3) is 0.462. The number of carbonyl (C=O) groups is 1. The van der Waals surface area contributed by atoms with Gasteiger partial charge in [0.15, 0.2) is 5.82 Å². The Kier molecular flexibility index (Phi) is 6.61. The van der Waals surface area contributed by atoms with Gasteiger partial charge in [-0.15, -0.1) is 21.5 Å². The maximum atomic E-state index is 12.5. The van der Waals surface area contributed by atoms with E-state index < -0.39 is 6.04 Å². The number of hydrogen-bond donors (Lipinski definition) is 0. The fourth-order valence-corrected chi connectivity index (χ4v) is 5.80. The van der Waals surface area contributed by atoms with Crippen molar-refractivity contribution >= 4 is 35.6 Å². The number of ether oxygens (including phenoxy) is 1. The Balaban J connectivity index is 1.57. The van der Waals surface area contributed by atoms with Crippen molar-refractivity contribution in [1.29, 1.82) is 0 Å². The molecule has 10 heteroatoms. The molecule has 2 aliphatic heterocycles. The molecule has 0 radical (unpaired) electrons. The number of nitrogens with zero attached hydrogens (tertiary/aromatic N) is 4. The topological polar surface area (TPSA) is 87.8 Å². The van der Waals surface area contributed by atoms with Crippen molar-refractivity contribution in [2.45, 2.75) is 54.0 Å². The van der Waals surface area contributed by atoms with E-state index in [4.69, 9.17) is 19.0 Å². The lowest BCUT2D eigenvalue weighted by Crippen LogP contribution is -2.47. The second-order valence-electron chi connectivity index (χ2n) is 10.1. The molecule has 4 heterocycles. The van der Waals surface area contributed by atoms with Gasteiger partial charge in [-0.25, -0.2) is 0 Å². The molecule has 0 aliphatic carbocycles. The van der Waals surface area contributed by atoms with Crippen molar-refractivity contribution < 1.29 is 18.8 Å². The molecule has 0 bridgehead atoms. The van der Waals surface area contributed by atoms with Crippen molar-refractivity contribution in [2.24, 2.45) is 10.4 Å². The molecule has 0 amide bonds. The van der Waals surface area contributed by atoms with Gasteiger partial charge < -0.3 is 14.0 Å². The minimum Gasteiger partial charge on any atom is -0.466 e. The third-order valence-corrected chi connectivity index (χ3v) is 7.80. The van der Waals surface area contributed by atoms with Crippen LogP contribution in [-0.4, -0.2) is 53.4 Å². The Labute approximate surface area is 215 Å². The lowest BCUT2D eigenvalue weighted by atomic mass is 9.75. The van der Waals surface area contributed by atoms with E-state index in [-0.39, 0.29) is 24.9 Å². The molecule has 2 aliphatic rings. The van der Waals surface area contributed by atoms with Gasteiger partial charge in [-0.3, -0.25) is 14.4 Å². The van der Waals surface area contributed by atoms with Crippen LogP contribution in [0, 0.1) is 26.2 Å². The second kappa shape index (κ2) is 9.57. The van der Waals surface area contributed by atoms with Crippen molar-refractivity contribution in [2.75, 3.05) is 19.8 Å². The maximum Gasteiger partial charge on any atom is 0.493 e. The first-order chi connectivity index (χ1) is 17.2. The van der Waals surface area contributed by atoms with Crippen LogP contribution >= 0.6 is 11.3 Å². The van der Waals surface area contributed by atoms with Crippen LogP contribution in [0.2, 0.25) is 0 Å². The number of esters is 1. The molecule has 1 fully saturated rings. The molecule has 0 spiro atoms. The highest BCUT2D eigenvalue weighted by Crippen LogP contribution is 2.39. The Morgan fingerprint density at radius 2 is 1.86 bits per heavy atom. The molecule has 1 atom stereocenters. The molecule has 188 valence electrons. The number of carbonyl (C=O) groups excluding carboxylic acids is 1. The summed E-state index contributed by atoms with van der Waals surface area (Å²) in [6.45, 7) is 13.9. The van der Waals surface area contributed by atoms with E-state index in [0.29, 0.717) is 25.6 Å². The molecule has 0 unspecified atom stereocenters. The predicted molar refractivity (Wildman–Crippen MR) is 141 cm³/mol. The third kappa shape index (κ3) is 4.53. The lowest BCUT2D eigenvalue weighted by Gasteiger charge is -2.33. The highest BCUT2D eigenvalue weighted by Gasteiger charge is 2.35. The van der Waals surface area contributed by atoms with E-state index in [1.54, 1.807) is 18.3 Å². The van der Waals surface area contributed by atoms with Gasteiger partial charge >= 0.3 is 13.1 Å². The molecule has 0 saturated carbocycles. The number of rotatable bonds is 5. The van der Waals surface area contributed by atoms with Crippen molar-refractivity contribution in [3.05, 3.63) is 57.5 Å². The first kappa shape index (κ1) is 24.9. The summed E-state index contributed by atoms with van der Waals surface area (Å²) in [5.41, 5.74) is 4.99. The first-order valence-corrected chi connectivity index (χ1v) is 13.1. The summed E-state index contributed by atoms with van der Waals surface area (Å²) in [6, 6.07) is 7.66. The van der Waals surface area contributed by atoms with Gasteiger partial charge in [-0.1, -0.05) is 38.1 Å². The van der Waals surface area contributed by atoms with Crippen LogP contribution in [0.4, 0.5) is 0 Å². The zero-order chi connectivity index (χ0) is 25.6. The quantitative estimate of drug-likeness (QED) is 0.386. The number of fused-ring (bicyclic) bond motifs is 3. The zero-order valence-corrected chi connectivity index (χ0v) is 22.4. The maximum absolute atomic E-state index is 12.5. The highest BCUT2D eigenvalue weighted by atomic mass is 32.1. The number of hydrogen-bond acceptors (Lipinski definition) is 8. The molecule has 3 aromatic rings. The summed E-state index contributed by atoms with van der Waals surface area (Å²) in [7, 11) is -0.376. The summed E-state index contributed by atoms with van der Waals surface area (Å²) in [5.74, 6) is 1.12. The number of aliphatic imine (C=N–C) groups is 1. The monoisotopic (exact) mass is 506 g/mol. The molecule has 36 heavy (non-hydrogen) atoms. The number of aromatic nitrogens is 3. The average Bonchev–Trinajstić information content (AvgIpc) is 3.31. The van der Waals surface area contributed by atoms with Crippen LogP contribution in [0.15, 0.2) is 29.3 Å². The zero-order valence-electron chi connectivity index (χ0n) is 21.6. The van der Waals surface area contributed by atoms with Crippen molar-refractivity contribution in [3.8, 4) is 5.00 Å². The minimum absolute atomic E-state index is 0.0156. The van der Waals surface area contributed by atoms with E-state index in [1.165, 1.54) is 4.88 Å². The van der Waals surface area contributed by atoms with Gasteiger partial charge in [-0.2, -0.15) is 0 Å². The van der Waals surface area contributed by atoms with Gasteiger partial charge in [0, 0.05) is 34.6 Å². The predicted octanol–water partition coefficient (Wildman–Crippen LogP) is 3.87. The SMILES string of the molecule is CCOC(=O)C[C@@H]1N=C(c2ccc(B3OCC(C)(C)CO3)cc2)c2c(sc(C)c2C)-n2c(C)nnc21. The molecule has 5 rings (SSSR count). The summed E-state index contributed by atoms with van der Waals surface area (Å²) >= 11 is 1.69. The fourth-order valence-electron chi connectivity index (χ4n) is 4.59. The van der Waals surface area contributed by atoms with Crippen molar-refractivity contribution in [3.63, 3.8) is 0 Å². The van der Waals surface area contributed by atoms with Crippen LogP contribution in [0.1, 0.15) is 66.5 Å². The smallest absolute Gasteiger partial charge is 0.466 e. The molecular formula is C26H31BN4O4S. The Hall–Kier alpha value is -2.82. The summed E-state index contributed by atoms with van der Waals surface area (Å²) < 4.78 is 19.2. The van der Waals surface area contributed by atoms with Crippen LogP contribution in [-0.2, 0) is 18.8 Å². The van der Waals surface area contributed by atoms with Crippen molar-refractivity contribution in [1.82, 2.24) is 14.8 Å². The summed E-state index contributed by atoms with van der Waals surface area (Å²) in [6.07, 6.45) is 0.0973. The van der Waals surface area contributed by atoms with Gasteiger partial charge in [0.25, 0.3) is 0 Å². The third-order valence-electron chi connectivity index (χ3n) is 6.61. The lowest BCUT2D eigenvalue weighted by molar-refractivity contribution is -0.143. The summed E-state index contributed by atoms with van der Waals surface area (Å²) in [4.78, 5) is 18.9. The Morgan fingerprint density at radius 1 is 1.17 bits per heavy atom. The molecule has 1 aromatic carbocycles. The van der Waals surface area contributed by atoms with E-state index >= 15 is 0 Å². The van der Waals surface area contributed by atoms with Gasteiger partial charge in [0.05, 0.1) is 18.7 Å². The normalized spacial score (nSPS) is 18.8. The molecule has 1 saturated heterocycles. The van der Waals surface area contributed by atoms with E-state index in [9.17, 15) is 4.79 Å². The number of thiophene rings is 1. The van der Waals surface area contributed by atoms with E-state index in [2.05, 4.69) is 50.0 Å². The summed E-state index contributed by atoms with van der Waals surface area (Å²) in [5, 5.41) is 9.78. The van der Waals surface area contributed by atoms with E-state index in [1.807, 2.05) is 23.6 Å². The standard InChI is InChI=1S/C26H31BN4O4S/c1-7-33-21(32)12-20-24-30-29-17(4)31(24)25-22(15(2)16(3)36-25)23(28-20)18-8-10-19(11-9-18)27-34-13-26(5,6)14-35-27/h8-11,20H,7,12-14H2,1-6H3/t20-/m0/s1. The number of benzene rings is 1. The van der Waals surface area contributed by atoms with E-state index in [0.717, 1.165) is 38.7 Å². The molecule has 2 aromatic heterocycles. The van der Waals surface area contributed by atoms with Gasteiger partial charge in [-0.05, 0) is 38.7 Å². The average molecular weight is 506 g/mol. The molecular weight excluding hydrogens is 475 g/mol. The second-order valence-corrected chi connectivity index (χ2v) is 11.4. The molecule has 0 N–H and O–H groups in total. The highest BCUT2D eigenvalue weighted by molar-refractivity contribution is 7.15. The van der Waals surface area contributed by atoms with Crippen LogP contribution in [0.5, 0.6) is 0 Å². The molecule has 8 nitrogen and oxygen atoms in total. The van der Waals surface area contributed by atoms with Crippen LogP contribution < -0.4 is 5.46 Å². The van der Waals surface area contributed by atoms with Crippen LogP contribution in [0.25, 0.3) is 5.00 Å². The van der Waals surface area contributed by atoms with Gasteiger partial charge in [0.1, 0.15) is 16.9 Å². The largest absolute Gasteiger partial charge is 0.493 e. The minimum atomic E-state index is -0.508. The Bertz CT molecular complexity index is 1320. The van der Waals surface area contributed by atoms with Gasteiger partial charge in [0.2, 0.25) is 0 Å². The number of aryl methyl sites for hydroxylation is 2. The van der Waals surface area contributed by atoms with Crippen LogP contribution in [0.3, 0.4) is 0 Å².